The zero-order chi connectivity index (χ0) is 13.8. The van der Waals surface area contributed by atoms with E-state index < -0.39 is 0 Å². The molecular weight excluding hydrogens is 238 g/mol. The molecule has 104 valence electrons. The second-order valence-electron chi connectivity index (χ2n) is 5.58. The first kappa shape index (κ1) is 13.9. The second-order valence-corrected chi connectivity index (χ2v) is 5.58. The van der Waals surface area contributed by atoms with Crippen molar-refractivity contribution in [3.63, 3.8) is 0 Å². The number of nitrogen functional groups attached to an aromatic ring is 1. The van der Waals surface area contributed by atoms with Gasteiger partial charge < -0.3 is 16.0 Å². The van der Waals surface area contributed by atoms with E-state index in [0.29, 0.717) is 12.1 Å². The van der Waals surface area contributed by atoms with Crippen molar-refractivity contribution in [2.75, 3.05) is 31.2 Å². The molecule has 1 fully saturated rings. The van der Waals surface area contributed by atoms with E-state index >= 15 is 0 Å². The third-order valence-corrected chi connectivity index (χ3v) is 3.52. The lowest BCUT2D eigenvalue weighted by atomic mass is 10.2. The lowest BCUT2D eigenvalue weighted by Gasteiger charge is -2.16. The van der Waals surface area contributed by atoms with Gasteiger partial charge in [0.15, 0.2) is 0 Å². The minimum atomic E-state index is 0.0522. The first-order valence-electron chi connectivity index (χ1n) is 6.89. The van der Waals surface area contributed by atoms with Crippen LogP contribution in [0.1, 0.15) is 24.8 Å². The maximum atomic E-state index is 11.9. The van der Waals surface area contributed by atoms with Crippen molar-refractivity contribution in [3.05, 3.63) is 23.8 Å². The van der Waals surface area contributed by atoms with E-state index in [1.165, 1.54) is 12.8 Å². The Morgan fingerprint density at radius 3 is 2.89 bits per heavy atom. The number of aryl methyl sites for hydroxylation is 1. The van der Waals surface area contributed by atoms with Gasteiger partial charge in [-0.3, -0.25) is 4.79 Å². The number of nitrogens with one attached hydrogen (secondary N) is 1. The van der Waals surface area contributed by atoms with E-state index in [1.807, 2.05) is 19.1 Å². The minimum Gasteiger partial charge on any atom is -0.399 e. The van der Waals surface area contributed by atoms with Crippen LogP contribution in [-0.2, 0) is 4.79 Å². The normalized spacial score (nSPS) is 14.7. The topological polar surface area (TPSA) is 58.4 Å². The van der Waals surface area contributed by atoms with Crippen LogP contribution in [0.5, 0.6) is 0 Å². The lowest BCUT2D eigenvalue weighted by molar-refractivity contribution is -0.116. The van der Waals surface area contributed by atoms with Crippen LogP contribution < -0.4 is 11.1 Å². The van der Waals surface area contributed by atoms with E-state index in [9.17, 15) is 4.79 Å². The van der Waals surface area contributed by atoms with Crippen LogP contribution in [0.15, 0.2) is 18.2 Å². The molecule has 0 aliphatic heterocycles. The van der Waals surface area contributed by atoms with E-state index in [-0.39, 0.29) is 5.91 Å². The minimum absolute atomic E-state index is 0.0522. The van der Waals surface area contributed by atoms with Gasteiger partial charge in [-0.05, 0) is 50.4 Å². The Morgan fingerprint density at radius 1 is 1.47 bits per heavy atom. The Kier molecular flexibility index (Phi) is 4.43. The quantitative estimate of drug-likeness (QED) is 0.772. The first-order chi connectivity index (χ1) is 9.04. The number of hydrogen-bond donors (Lipinski definition) is 2. The van der Waals surface area contributed by atoms with Crippen molar-refractivity contribution in [3.8, 4) is 0 Å². The van der Waals surface area contributed by atoms with Gasteiger partial charge in [0.05, 0.1) is 0 Å². The summed E-state index contributed by atoms with van der Waals surface area (Å²) >= 11 is 0. The summed E-state index contributed by atoms with van der Waals surface area (Å²) in [7, 11) is 2.08. The number of amides is 1. The van der Waals surface area contributed by atoms with Crippen molar-refractivity contribution in [2.24, 2.45) is 5.92 Å². The van der Waals surface area contributed by atoms with Crippen LogP contribution in [0.2, 0.25) is 0 Å². The molecule has 0 saturated heterocycles. The molecule has 1 aromatic carbocycles. The van der Waals surface area contributed by atoms with E-state index in [0.717, 1.165) is 30.3 Å². The van der Waals surface area contributed by atoms with Crippen molar-refractivity contribution in [2.45, 2.75) is 26.2 Å². The maximum Gasteiger partial charge on any atom is 0.225 e. The van der Waals surface area contributed by atoms with Gasteiger partial charge in [0, 0.05) is 30.9 Å². The van der Waals surface area contributed by atoms with Gasteiger partial charge in [-0.1, -0.05) is 6.07 Å². The SMILES string of the molecule is Cc1ccc(N)cc1NC(=O)CCN(C)CC1CC1. The summed E-state index contributed by atoms with van der Waals surface area (Å²) < 4.78 is 0. The molecule has 0 aromatic heterocycles. The largest absolute Gasteiger partial charge is 0.399 e. The van der Waals surface area contributed by atoms with Crippen LogP contribution in [0.4, 0.5) is 11.4 Å². The van der Waals surface area contributed by atoms with E-state index in [4.69, 9.17) is 5.73 Å². The fourth-order valence-electron chi connectivity index (χ4n) is 2.11. The average Bonchev–Trinajstić information content (AvgIpc) is 3.15. The molecule has 0 heterocycles. The molecular formula is C15H23N3O. The Balaban J connectivity index is 1.78. The number of anilines is 2. The van der Waals surface area contributed by atoms with Crippen LogP contribution in [0, 0.1) is 12.8 Å². The van der Waals surface area contributed by atoms with Crippen LogP contribution in [-0.4, -0.2) is 30.9 Å². The second kappa shape index (κ2) is 6.06. The molecule has 0 unspecified atom stereocenters. The Bertz CT molecular complexity index is 455. The molecule has 1 aromatic rings. The van der Waals surface area contributed by atoms with Crippen molar-refractivity contribution < 1.29 is 4.79 Å². The maximum absolute atomic E-state index is 11.9. The number of hydrogen-bond acceptors (Lipinski definition) is 3. The number of rotatable bonds is 6. The highest BCUT2D eigenvalue weighted by molar-refractivity contribution is 5.92. The van der Waals surface area contributed by atoms with Gasteiger partial charge in [0.1, 0.15) is 0 Å². The molecule has 1 saturated carbocycles. The zero-order valence-corrected chi connectivity index (χ0v) is 11.8. The summed E-state index contributed by atoms with van der Waals surface area (Å²) in [5.41, 5.74) is 8.25. The van der Waals surface area contributed by atoms with Gasteiger partial charge in [0.25, 0.3) is 0 Å². The molecule has 1 aliphatic rings. The number of nitrogens with zero attached hydrogens (tertiary/aromatic N) is 1. The van der Waals surface area contributed by atoms with Crippen molar-refractivity contribution >= 4 is 17.3 Å². The Labute approximate surface area is 115 Å². The number of nitrogens with two attached hydrogens (primary N) is 1. The van der Waals surface area contributed by atoms with Gasteiger partial charge in [0.2, 0.25) is 5.91 Å². The molecule has 0 radical (unpaired) electrons. The smallest absolute Gasteiger partial charge is 0.225 e. The fraction of sp³-hybridized carbons (Fsp3) is 0.533. The molecule has 1 aliphatic carbocycles. The van der Waals surface area contributed by atoms with Crippen LogP contribution in [0.3, 0.4) is 0 Å². The highest BCUT2D eigenvalue weighted by Crippen LogP contribution is 2.29. The molecule has 4 nitrogen and oxygen atoms in total. The van der Waals surface area contributed by atoms with Gasteiger partial charge in [-0.25, -0.2) is 0 Å². The zero-order valence-electron chi connectivity index (χ0n) is 11.8. The fourth-order valence-corrected chi connectivity index (χ4v) is 2.11. The lowest BCUT2D eigenvalue weighted by Crippen LogP contribution is -2.26. The molecule has 3 N–H and O–H groups in total. The Morgan fingerprint density at radius 2 is 2.21 bits per heavy atom. The number of carbonyl (C=O) groups is 1. The van der Waals surface area contributed by atoms with Gasteiger partial charge >= 0.3 is 0 Å². The Hall–Kier alpha value is -1.55. The summed E-state index contributed by atoms with van der Waals surface area (Å²) in [6.07, 6.45) is 3.22. The summed E-state index contributed by atoms with van der Waals surface area (Å²) in [5.74, 6) is 0.917. The molecule has 19 heavy (non-hydrogen) atoms. The van der Waals surface area contributed by atoms with E-state index in [2.05, 4.69) is 17.3 Å². The highest BCUT2D eigenvalue weighted by atomic mass is 16.1. The molecule has 0 spiro atoms. The van der Waals surface area contributed by atoms with Crippen LogP contribution >= 0.6 is 0 Å². The number of benzene rings is 1. The van der Waals surface area contributed by atoms with Crippen molar-refractivity contribution in [1.29, 1.82) is 0 Å². The third-order valence-electron chi connectivity index (χ3n) is 3.52. The average molecular weight is 261 g/mol. The summed E-state index contributed by atoms with van der Waals surface area (Å²) in [6.45, 7) is 3.89. The molecule has 1 amide bonds. The van der Waals surface area contributed by atoms with E-state index in [1.54, 1.807) is 6.07 Å². The van der Waals surface area contributed by atoms with Gasteiger partial charge in [-0.15, -0.1) is 0 Å². The molecule has 0 bridgehead atoms. The molecule has 0 atom stereocenters. The predicted octanol–water partition coefficient (Wildman–Crippen LogP) is 2.25. The first-order valence-corrected chi connectivity index (χ1v) is 6.89. The highest BCUT2D eigenvalue weighted by Gasteiger charge is 2.22. The standard InChI is InChI=1S/C15H23N3O/c1-11-3-6-13(16)9-14(11)17-15(19)7-8-18(2)10-12-4-5-12/h3,6,9,12H,4-5,7-8,10,16H2,1-2H3,(H,17,19). The predicted molar refractivity (Wildman–Crippen MR) is 79.1 cm³/mol. The molecule has 2 rings (SSSR count). The molecule has 4 heteroatoms. The third kappa shape index (κ3) is 4.56. The summed E-state index contributed by atoms with van der Waals surface area (Å²) in [6, 6.07) is 5.57. The summed E-state index contributed by atoms with van der Waals surface area (Å²) in [4.78, 5) is 14.1. The summed E-state index contributed by atoms with van der Waals surface area (Å²) in [5, 5.41) is 2.93. The van der Waals surface area contributed by atoms with Gasteiger partial charge in [-0.2, -0.15) is 0 Å². The monoisotopic (exact) mass is 261 g/mol. The van der Waals surface area contributed by atoms with Crippen molar-refractivity contribution in [1.82, 2.24) is 4.90 Å². The van der Waals surface area contributed by atoms with Crippen LogP contribution in [0.25, 0.3) is 0 Å². The number of carbonyl (C=O) groups excluding carboxylic acids is 1.